The molecule has 6 amide bonds. The number of carbonyl (C=O) groups excluding carboxylic acids is 4. The molecule has 0 aliphatic carbocycles. The number of aliphatic imine (C=N–C) groups is 1. The van der Waals surface area contributed by atoms with Crippen molar-refractivity contribution in [1.82, 2.24) is 14.9 Å². The summed E-state index contributed by atoms with van der Waals surface area (Å²) >= 11 is 0. The molecule has 6 N–H and O–H groups in total. The van der Waals surface area contributed by atoms with E-state index in [1.165, 1.54) is 29.4 Å². The van der Waals surface area contributed by atoms with Gasteiger partial charge in [0.05, 0.1) is 17.7 Å². The molecular weight excluding hydrogens is 891 g/mol. The summed E-state index contributed by atoms with van der Waals surface area (Å²) in [6.07, 6.45) is -0.875. The molecular formula is C43H33F8N9O6. The molecule has 0 atom stereocenters. The largest absolute Gasteiger partial charge is 0.445 e. The number of para-hydroxylation sites is 2. The second-order valence-corrected chi connectivity index (χ2v) is 13.5. The fourth-order valence-electron chi connectivity index (χ4n) is 5.84. The average Bonchev–Trinajstić information content (AvgIpc) is 3.24. The van der Waals surface area contributed by atoms with Crippen molar-refractivity contribution in [1.29, 1.82) is 0 Å². The van der Waals surface area contributed by atoms with Crippen molar-refractivity contribution in [2.24, 2.45) is 22.2 Å². The van der Waals surface area contributed by atoms with Crippen LogP contribution in [0.1, 0.15) is 11.1 Å². The van der Waals surface area contributed by atoms with Crippen molar-refractivity contribution >= 4 is 53.6 Å². The number of carbonyl (C=O) groups is 4. The molecule has 0 aliphatic rings. The summed E-state index contributed by atoms with van der Waals surface area (Å²) in [6.45, 7) is -0.882. The molecule has 23 heteroatoms. The number of hydrogen-bond acceptors (Lipinski definition) is 8. The van der Waals surface area contributed by atoms with Gasteiger partial charge in [0.25, 0.3) is 0 Å². The average molecular weight is 924 g/mol. The molecule has 0 aliphatic heterocycles. The molecule has 2 heterocycles. The predicted molar refractivity (Wildman–Crippen MR) is 222 cm³/mol. The number of benzene rings is 4. The van der Waals surface area contributed by atoms with Gasteiger partial charge in [-0.25, -0.2) is 74.1 Å². The van der Waals surface area contributed by atoms with E-state index in [9.17, 15) is 54.3 Å². The van der Waals surface area contributed by atoms with E-state index >= 15 is 0 Å². The van der Waals surface area contributed by atoms with E-state index in [4.69, 9.17) is 26.7 Å². The van der Waals surface area contributed by atoms with Crippen LogP contribution >= 0.6 is 0 Å². The number of nitrogens with two attached hydrogens (primary N) is 3. The summed E-state index contributed by atoms with van der Waals surface area (Å²) in [4.78, 5) is 61.2. The normalized spacial score (nSPS) is 10.8. The quantitative estimate of drug-likeness (QED) is 0.0642. The first-order valence-corrected chi connectivity index (χ1v) is 18.5. The van der Waals surface area contributed by atoms with Crippen molar-refractivity contribution in [3.63, 3.8) is 0 Å². The van der Waals surface area contributed by atoms with Crippen LogP contribution in [0.15, 0.2) is 102 Å². The van der Waals surface area contributed by atoms with Crippen LogP contribution in [0, 0.1) is 46.5 Å². The van der Waals surface area contributed by atoms with Gasteiger partial charge in [0.2, 0.25) is 0 Å². The minimum Gasteiger partial charge on any atom is -0.445 e. The maximum atomic E-state index is 14.6. The van der Waals surface area contributed by atoms with Gasteiger partial charge in [0.15, 0.2) is 0 Å². The Kier molecular flexibility index (Phi) is 15.5. The first-order chi connectivity index (χ1) is 31.3. The summed E-state index contributed by atoms with van der Waals surface area (Å²) in [5.74, 6) is -8.89. The van der Waals surface area contributed by atoms with Gasteiger partial charge in [-0.3, -0.25) is 0 Å². The number of ether oxygens (including phenoxy) is 2. The van der Waals surface area contributed by atoms with Crippen molar-refractivity contribution in [2.45, 2.75) is 13.2 Å². The first-order valence-electron chi connectivity index (χ1n) is 18.5. The minimum absolute atomic E-state index is 0.117. The number of halogens is 8. The van der Waals surface area contributed by atoms with E-state index in [2.05, 4.69) is 15.0 Å². The molecule has 4 aromatic carbocycles. The number of anilines is 4. The van der Waals surface area contributed by atoms with Gasteiger partial charge in [-0.1, -0.05) is 12.1 Å². The number of pyridine rings is 2. The van der Waals surface area contributed by atoms with Crippen LogP contribution in [0.2, 0.25) is 0 Å². The van der Waals surface area contributed by atoms with Crippen LogP contribution in [0.25, 0.3) is 22.5 Å². The number of hydrogen-bond donors (Lipinski definition) is 3. The maximum Gasteiger partial charge on any atom is 0.435 e. The number of aromatic nitrogens is 2. The van der Waals surface area contributed by atoms with E-state index in [-0.39, 0.29) is 45.3 Å². The molecule has 0 saturated heterocycles. The molecule has 0 spiro atoms. The van der Waals surface area contributed by atoms with Gasteiger partial charge in [0.1, 0.15) is 82.8 Å². The summed E-state index contributed by atoms with van der Waals surface area (Å²) in [5.41, 5.74) is 13.5. The van der Waals surface area contributed by atoms with Gasteiger partial charge < -0.3 is 31.6 Å². The molecule has 2 aromatic heterocycles. The summed E-state index contributed by atoms with van der Waals surface area (Å²) in [7, 11) is 3.27. The molecule has 342 valence electrons. The molecule has 0 radical (unpaired) electrons. The third-order valence-electron chi connectivity index (χ3n) is 8.64. The lowest BCUT2D eigenvalue weighted by atomic mass is 10.1. The highest BCUT2D eigenvalue weighted by Gasteiger charge is 2.28. The lowest BCUT2D eigenvalue weighted by Crippen LogP contribution is -2.33. The van der Waals surface area contributed by atoms with Crippen molar-refractivity contribution < 1.29 is 63.8 Å². The van der Waals surface area contributed by atoms with E-state index in [0.717, 1.165) is 66.7 Å². The van der Waals surface area contributed by atoms with Crippen LogP contribution in [-0.4, -0.2) is 59.6 Å². The molecule has 15 nitrogen and oxygen atoms in total. The summed E-state index contributed by atoms with van der Waals surface area (Å²) in [6, 6.07) is 13.4. The molecule has 6 rings (SSSR count). The zero-order valence-electron chi connectivity index (χ0n) is 34.1. The Morgan fingerprint density at radius 1 is 0.561 bits per heavy atom. The molecule has 0 saturated carbocycles. The highest BCUT2D eigenvalue weighted by molar-refractivity contribution is 5.99. The number of nitrogens with zero attached hydrogens (tertiary/aromatic N) is 6. The lowest BCUT2D eigenvalue weighted by molar-refractivity contribution is 0.149. The fraction of sp³-hybridized carbons (Fsp3) is 0.0930. The third kappa shape index (κ3) is 11.7. The second kappa shape index (κ2) is 21.2. The Morgan fingerprint density at radius 2 is 0.955 bits per heavy atom. The Balaban J connectivity index is 0.000000249. The van der Waals surface area contributed by atoms with Crippen LogP contribution in [0.5, 0.6) is 0 Å². The maximum absolute atomic E-state index is 14.6. The summed E-state index contributed by atoms with van der Waals surface area (Å²) in [5, 5.41) is 0. The number of urea groups is 2. The third-order valence-corrected chi connectivity index (χ3v) is 8.64. The van der Waals surface area contributed by atoms with Crippen LogP contribution < -0.4 is 27.0 Å². The number of primary amides is 3. The zero-order valence-corrected chi connectivity index (χ0v) is 34.1. The smallest absolute Gasteiger partial charge is 0.435 e. The standard InChI is InChI=1S/C23H19F4N5O3.C20H14F4N4O3/c1-31(2)12-29-23(34)35-11-13-6-9-19(30-20(13)15-8-7-14(24)10-18(15)27)32(22(28)33)21-16(25)4-3-5-17(21)26;21-11-5-6-12(15(24)8-11)17-10(9-31-20(26)30)4-7-16(27-17)28(19(25)29)18-13(22)2-1-3-14(18)23/h3-10,12H,11H2,1-2H3,(H2,28,33);1-8H,9H2,(H2,25,29)(H2,26,30). The van der Waals surface area contributed by atoms with E-state index in [1.54, 1.807) is 14.1 Å². The van der Waals surface area contributed by atoms with Crippen LogP contribution in [0.3, 0.4) is 0 Å². The predicted octanol–water partition coefficient (Wildman–Crippen LogP) is 8.87. The van der Waals surface area contributed by atoms with Crippen LogP contribution in [-0.2, 0) is 22.7 Å². The van der Waals surface area contributed by atoms with E-state index in [1.807, 2.05) is 0 Å². The molecule has 0 fully saturated rings. The Labute approximate surface area is 368 Å². The lowest BCUT2D eigenvalue weighted by Gasteiger charge is -2.22. The van der Waals surface area contributed by atoms with Crippen molar-refractivity contribution in [3.05, 3.63) is 155 Å². The van der Waals surface area contributed by atoms with E-state index in [0.29, 0.717) is 21.9 Å². The Hall–Kier alpha value is -8.63. The molecule has 6 aromatic rings. The topological polar surface area (TPSA) is 213 Å². The Morgan fingerprint density at radius 3 is 1.30 bits per heavy atom. The zero-order chi connectivity index (χ0) is 48.4. The monoisotopic (exact) mass is 923 g/mol. The second-order valence-electron chi connectivity index (χ2n) is 13.5. The summed E-state index contributed by atoms with van der Waals surface area (Å²) < 4.78 is 123. The number of amides is 6. The number of rotatable bonds is 11. The molecule has 0 bridgehead atoms. The SMILES string of the molecule is CN(C)C=NC(=O)OCc1ccc(N(C(N)=O)c2c(F)cccc2F)nc1-c1ccc(F)cc1F.NC(=O)OCc1ccc(N(C(N)=O)c2c(F)cccc2F)nc1-c1ccc(F)cc1F. The Bertz CT molecular complexity index is 2810. The highest BCUT2D eigenvalue weighted by atomic mass is 19.2. The van der Waals surface area contributed by atoms with Gasteiger partial charge in [-0.2, -0.15) is 4.99 Å². The van der Waals surface area contributed by atoms with Crippen molar-refractivity contribution in [3.8, 4) is 22.5 Å². The van der Waals surface area contributed by atoms with Gasteiger partial charge >= 0.3 is 24.2 Å². The fourth-order valence-corrected chi connectivity index (χ4v) is 5.84. The molecule has 66 heavy (non-hydrogen) atoms. The highest BCUT2D eigenvalue weighted by Crippen LogP contribution is 2.35. The van der Waals surface area contributed by atoms with Gasteiger partial charge in [-0.05, 0) is 72.8 Å². The van der Waals surface area contributed by atoms with Crippen LogP contribution in [0.4, 0.5) is 77.3 Å². The van der Waals surface area contributed by atoms with Gasteiger partial charge in [-0.15, -0.1) is 0 Å². The first kappa shape index (κ1) is 48.4. The van der Waals surface area contributed by atoms with E-state index < -0.39 is 95.4 Å². The minimum atomic E-state index is -1.27. The van der Waals surface area contributed by atoms with Gasteiger partial charge in [0, 0.05) is 48.5 Å². The molecule has 0 unspecified atom stereocenters. The van der Waals surface area contributed by atoms with Crippen molar-refractivity contribution in [2.75, 3.05) is 23.9 Å².